The monoisotopic (exact) mass is 170 g/mol. The summed E-state index contributed by atoms with van der Waals surface area (Å²) in [5, 5.41) is 0. The molecule has 70 valence electrons. The second-order valence-corrected chi connectivity index (χ2v) is 4.15. The molecule has 0 bridgehead atoms. The lowest BCUT2D eigenvalue weighted by Gasteiger charge is -2.48. The van der Waals surface area contributed by atoms with Crippen molar-refractivity contribution in [3.63, 3.8) is 0 Å². The quantitative estimate of drug-likeness (QED) is 0.659. The maximum atomic E-state index is 11.3. The fraction of sp³-hybridized carbons (Fsp3) is 0.889. The standard InChI is InChI=1S/C9H18N2O/c1-4-9(3)5-11(6-9)8(12)7(2)10/h7H,4-6,10H2,1-3H3/t7-/m0/s1. The summed E-state index contributed by atoms with van der Waals surface area (Å²) < 4.78 is 0. The van der Waals surface area contributed by atoms with Crippen molar-refractivity contribution in [3.8, 4) is 0 Å². The molecule has 12 heavy (non-hydrogen) atoms. The van der Waals surface area contributed by atoms with Crippen LogP contribution in [-0.2, 0) is 4.79 Å². The van der Waals surface area contributed by atoms with Crippen LogP contribution in [0.15, 0.2) is 0 Å². The lowest BCUT2D eigenvalue weighted by molar-refractivity contribution is -0.143. The summed E-state index contributed by atoms with van der Waals surface area (Å²) in [4.78, 5) is 13.2. The molecule has 2 N–H and O–H groups in total. The Labute approximate surface area is 73.9 Å². The molecule has 0 aromatic carbocycles. The average molecular weight is 170 g/mol. The number of carbonyl (C=O) groups is 1. The number of likely N-dealkylation sites (tertiary alicyclic amines) is 1. The molecule has 1 aliphatic rings. The molecule has 0 aliphatic carbocycles. The molecule has 1 aliphatic heterocycles. The van der Waals surface area contributed by atoms with Gasteiger partial charge in [-0.3, -0.25) is 4.79 Å². The minimum absolute atomic E-state index is 0.0842. The molecule has 1 amide bonds. The number of hydrogen-bond donors (Lipinski definition) is 1. The van der Waals surface area contributed by atoms with Gasteiger partial charge in [-0.05, 0) is 13.3 Å². The molecule has 3 nitrogen and oxygen atoms in total. The highest BCUT2D eigenvalue weighted by molar-refractivity contribution is 5.82. The van der Waals surface area contributed by atoms with Gasteiger partial charge in [0.15, 0.2) is 0 Å². The van der Waals surface area contributed by atoms with Gasteiger partial charge in [-0.1, -0.05) is 13.8 Å². The molecule has 1 heterocycles. The van der Waals surface area contributed by atoms with E-state index in [0.29, 0.717) is 5.41 Å². The Morgan fingerprint density at radius 2 is 2.17 bits per heavy atom. The Morgan fingerprint density at radius 3 is 2.50 bits per heavy atom. The summed E-state index contributed by atoms with van der Waals surface area (Å²) in [5.74, 6) is 0.0842. The summed E-state index contributed by atoms with van der Waals surface area (Å²) in [5.41, 5.74) is 5.84. The molecule has 1 saturated heterocycles. The Balaban J connectivity index is 2.39. The molecule has 0 spiro atoms. The summed E-state index contributed by atoms with van der Waals surface area (Å²) >= 11 is 0. The van der Waals surface area contributed by atoms with E-state index in [-0.39, 0.29) is 11.9 Å². The summed E-state index contributed by atoms with van der Waals surface area (Å²) in [7, 11) is 0. The highest BCUT2D eigenvalue weighted by atomic mass is 16.2. The normalized spacial score (nSPS) is 23.2. The Kier molecular flexibility index (Phi) is 2.42. The van der Waals surface area contributed by atoms with Crippen molar-refractivity contribution in [1.82, 2.24) is 4.90 Å². The number of carbonyl (C=O) groups excluding carboxylic acids is 1. The van der Waals surface area contributed by atoms with E-state index in [9.17, 15) is 4.79 Å². The number of hydrogen-bond acceptors (Lipinski definition) is 2. The fourth-order valence-electron chi connectivity index (χ4n) is 1.54. The van der Waals surface area contributed by atoms with E-state index in [0.717, 1.165) is 19.5 Å². The Morgan fingerprint density at radius 1 is 1.67 bits per heavy atom. The van der Waals surface area contributed by atoms with Gasteiger partial charge in [-0.15, -0.1) is 0 Å². The number of nitrogens with zero attached hydrogens (tertiary/aromatic N) is 1. The van der Waals surface area contributed by atoms with Crippen molar-refractivity contribution < 1.29 is 4.79 Å². The lowest BCUT2D eigenvalue weighted by Crippen LogP contribution is -2.59. The molecule has 0 aromatic rings. The van der Waals surface area contributed by atoms with Gasteiger partial charge in [0.25, 0.3) is 0 Å². The van der Waals surface area contributed by atoms with Gasteiger partial charge in [0, 0.05) is 18.5 Å². The largest absolute Gasteiger partial charge is 0.340 e. The van der Waals surface area contributed by atoms with Gasteiger partial charge >= 0.3 is 0 Å². The molecule has 0 radical (unpaired) electrons. The number of rotatable bonds is 2. The summed E-state index contributed by atoms with van der Waals surface area (Å²) in [6.07, 6.45) is 1.13. The van der Waals surface area contributed by atoms with Crippen LogP contribution in [0.25, 0.3) is 0 Å². The second kappa shape index (κ2) is 3.05. The third kappa shape index (κ3) is 1.61. The van der Waals surface area contributed by atoms with Gasteiger partial charge in [0.2, 0.25) is 5.91 Å². The molecule has 1 fully saturated rings. The van der Waals surface area contributed by atoms with Crippen molar-refractivity contribution in [1.29, 1.82) is 0 Å². The van der Waals surface area contributed by atoms with Gasteiger partial charge < -0.3 is 10.6 Å². The van der Waals surface area contributed by atoms with Crippen molar-refractivity contribution in [2.45, 2.75) is 33.2 Å². The van der Waals surface area contributed by atoms with Crippen LogP contribution in [0, 0.1) is 5.41 Å². The zero-order valence-corrected chi connectivity index (χ0v) is 8.13. The molecule has 0 aromatic heterocycles. The maximum absolute atomic E-state index is 11.3. The van der Waals surface area contributed by atoms with E-state index >= 15 is 0 Å². The van der Waals surface area contributed by atoms with Gasteiger partial charge in [-0.25, -0.2) is 0 Å². The molecule has 3 heteroatoms. The van der Waals surface area contributed by atoms with Crippen molar-refractivity contribution in [2.75, 3.05) is 13.1 Å². The molecule has 0 unspecified atom stereocenters. The van der Waals surface area contributed by atoms with Crippen LogP contribution in [0.2, 0.25) is 0 Å². The van der Waals surface area contributed by atoms with Gasteiger partial charge in [-0.2, -0.15) is 0 Å². The van der Waals surface area contributed by atoms with Crippen LogP contribution in [0.5, 0.6) is 0 Å². The first kappa shape index (κ1) is 9.52. The van der Waals surface area contributed by atoms with E-state index in [4.69, 9.17) is 5.73 Å². The van der Waals surface area contributed by atoms with Gasteiger partial charge in [0.05, 0.1) is 6.04 Å². The zero-order valence-electron chi connectivity index (χ0n) is 8.13. The van der Waals surface area contributed by atoms with Crippen LogP contribution in [0.1, 0.15) is 27.2 Å². The maximum Gasteiger partial charge on any atom is 0.239 e. The van der Waals surface area contributed by atoms with Gasteiger partial charge in [0.1, 0.15) is 0 Å². The smallest absolute Gasteiger partial charge is 0.239 e. The van der Waals surface area contributed by atoms with Crippen LogP contribution in [-0.4, -0.2) is 29.9 Å². The minimum atomic E-state index is -0.341. The van der Waals surface area contributed by atoms with E-state index in [2.05, 4.69) is 13.8 Å². The summed E-state index contributed by atoms with van der Waals surface area (Å²) in [6, 6.07) is -0.341. The highest BCUT2D eigenvalue weighted by Gasteiger charge is 2.40. The zero-order chi connectivity index (χ0) is 9.35. The molecular formula is C9H18N2O. The third-order valence-electron chi connectivity index (χ3n) is 2.70. The number of amides is 1. The predicted octanol–water partition coefficient (Wildman–Crippen LogP) is 0.592. The minimum Gasteiger partial charge on any atom is -0.340 e. The first-order chi connectivity index (χ1) is 5.48. The van der Waals surface area contributed by atoms with Crippen molar-refractivity contribution >= 4 is 5.91 Å². The average Bonchev–Trinajstić information content (AvgIpc) is 1.97. The van der Waals surface area contributed by atoms with Crippen molar-refractivity contribution in [3.05, 3.63) is 0 Å². The van der Waals surface area contributed by atoms with Crippen LogP contribution in [0.4, 0.5) is 0 Å². The van der Waals surface area contributed by atoms with E-state index in [1.165, 1.54) is 0 Å². The van der Waals surface area contributed by atoms with Crippen molar-refractivity contribution in [2.24, 2.45) is 11.1 Å². The van der Waals surface area contributed by atoms with E-state index in [1.807, 2.05) is 4.90 Å². The lowest BCUT2D eigenvalue weighted by atomic mass is 9.79. The topological polar surface area (TPSA) is 46.3 Å². The third-order valence-corrected chi connectivity index (χ3v) is 2.70. The Bertz CT molecular complexity index is 183. The molecule has 1 atom stereocenters. The SMILES string of the molecule is CCC1(C)CN(C(=O)[C@H](C)N)C1. The molecule has 1 rings (SSSR count). The van der Waals surface area contributed by atoms with Crippen LogP contribution in [0.3, 0.4) is 0 Å². The van der Waals surface area contributed by atoms with E-state index < -0.39 is 0 Å². The van der Waals surface area contributed by atoms with E-state index in [1.54, 1.807) is 6.92 Å². The second-order valence-electron chi connectivity index (χ2n) is 4.15. The Hall–Kier alpha value is -0.570. The fourth-order valence-corrected chi connectivity index (χ4v) is 1.54. The van der Waals surface area contributed by atoms with Crippen LogP contribution >= 0.6 is 0 Å². The highest BCUT2D eigenvalue weighted by Crippen LogP contribution is 2.32. The molecular weight excluding hydrogens is 152 g/mol. The van der Waals surface area contributed by atoms with Crippen LogP contribution < -0.4 is 5.73 Å². The molecule has 0 saturated carbocycles. The first-order valence-corrected chi connectivity index (χ1v) is 4.53. The number of nitrogens with two attached hydrogens (primary N) is 1. The predicted molar refractivity (Wildman–Crippen MR) is 48.6 cm³/mol. The first-order valence-electron chi connectivity index (χ1n) is 4.53. The summed E-state index contributed by atoms with van der Waals surface area (Å²) in [6.45, 7) is 7.86.